The highest BCUT2D eigenvalue weighted by molar-refractivity contribution is 5.47. The van der Waals surface area contributed by atoms with Crippen LogP contribution in [0.25, 0.3) is 0 Å². The molecule has 1 fully saturated rings. The van der Waals surface area contributed by atoms with Gasteiger partial charge < -0.3 is 15.2 Å². The molecule has 1 saturated heterocycles. The fourth-order valence-corrected chi connectivity index (χ4v) is 2.80. The van der Waals surface area contributed by atoms with E-state index < -0.39 is 0 Å². The first-order valence-electron chi connectivity index (χ1n) is 7.11. The van der Waals surface area contributed by atoms with Gasteiger partial charge in [0.25, 0.3) is 0 Å². The quantitative estimate of drug-likeness (QED) is 0.877. The van der Waals surface area contributed by atoms with Crippen molar-refractivity contribution in [3.05, 3.63) is 29.8 Å². The Balaban J connectivity index is 2.16. The molecule has 0 aromatic heterocycles. The highest BCUT2D eigenvalue weighted by Gasteiger charge is 2.42. The summed E-state index contributed by atoms with van der Waals surface area (Å²) in [5.41, 5.74) is 1.91. The second kappa shape index (κ2) is 5.51. The maximum absolute atomic E-state index is 9.87. The van der Waals surface area contributed by atoms with E-state index in [9.17, 15) is 5.11 Å². The summed E-state index contributed by atoms with van der Waals surface area (Å²) in [7, 11) is 0. The summed E-state index contributed by atoms with van der Waals surface area (Å²) in [6, 6.07) is 8.33. The molecule has 1 aromatic rings. The minimum absolute atomic E-state index is 0.139. The molecule has 3 heteroatoms. The van der Waals surface area contributed by atoms with Crippen LogP contribution >= 0.6 is 0 Å². The largest absolute Gasteiger partial charge is 0.394 e. The lowest BCUT2D eigenvalue weighted by Gasteiger charge is -2.46. The van der Waals surface area contributed by atoms with Gasteiger partial charge in [-0.2, -0.15) is 0 Å². The predicted octanol–water partition coefficient (Wildman–Crippen LogP) is 3.12. The fraction of sp³-hybridized carbons (Fsp3) is 0.625. The highest BCUT2D eigenvalue weighted by Crippen LogP contribution is 2.36. The lowest BCUT2D eigenvalue weighted by atomic mass is 9.79. The van der Waals surface area contributed by atoms with E-state index in [1.807, 2.05) is 0 Å². The van der Waals surface area contributed by atoms with Crippen LogP contribution in [0.2, 0.25) is 0 Å². The van der Waals surface area contributed by atoms with Crippen molar-refractivity contribution in [2.24, 2.45) is 0 Å². The van der Waals surface area contributed by atoms with E-state index in [0.717, 1.165) is 24.9 Å². The van der Waals surface area contributed by atoms with Crippen LogP contribution in [-0.4, -0.2) is 29.5 Å². The molecule has 1 aromatic carbocycles. The van der Waals surface area contributed by atoms with Gasteiger partial charge in [-0.3, -0.25) is 0 Å². The summed E-state index contributed by atoms with van der Waals surface area (Å²) in [6.07, 6.45) is 2.64. The summed E-state index contributed by atoms with van der Waals surface area (Å²) < 4.78 is 5.88. The topological polar surface area (TPSA) is 41.5 Å². The summed E-state index contributed by atoms with van der Waals surface area (Å²) in [6.45, 7) is 7.19. The van der Waals surface area contributed by atoms with Gasteiger partial charge in [0, 0.05) is 18.7 Å². The number of hydrogen-bond donors (Lipinski definition) is 2. The first-order chi connectivity index (χ1) is 9.01. The van der Waals surface area contributed by atoms with E-state index in [2.05, 4.69) is 50.4 Å². The first-order valence-corrected chi connectivity index (χ1v) is 7.11. The molecule has 1 aliphatic rings. The number of aliphatic hydroxyl groups excluding tert-OH is 1. The first kappa shape index (κ1) is 14.4. The van der Waals surface area contributed by atoms with Gasteiger partial charge in [0.2, 0.25) is 0 Å². The summed E-state index contributed by atoms with van der Waals surface area (Å²) in [4.78, 5) is 0. The fourth-order valence-electron chi connectivity index (χ4n) is 2.80. The third-order valence-electron chi connectivity index (χ3n) is 4.26. The Morgan fingerprint density at radius 2 is 2.00 bits per heavy atom. The summed E-state index contributed by atoms with van der Waals surface area (Å²) in [5.74, 6) is 0. The Morgan fingerprint density at radius 1 is 1.32 bits per heavy atom. The van der Waals surface area contributed by atoms with Crippen molar-refractivity contribution in [1.29, 1.82) is 0 Å². The Hall–Kier alpha value is -1.06. The van der Waals surface area contributed by atoms with Crippen LogP contribution in [0, 0.1) is 6.92 Å². The van der Waals surface area contributed by atoms with E-state index >= 15 is 0 Å². The normalized spacial score (nSPS) is 31.2. The molecule has 106 valence electrons. The molecule has 2 rings (SSSR count). The van der Waals surface area contributed by atoms with Gasteiger partial charge in [0.15, 0.2) is 0 Å². The predicted molar refractivity (Wildman–Crippen MR) is 78.5 cm³/mol. The Bertz CT molecular complexity index is 417. The molecule has 3 nitrogen and oxygen atoms in total. The molecular formula is C16H25NO2. The average Bonchev–Trinajstić information content (AvgIpc) is 2.42. The van der Waals surface area contributed by atoms with Crippen molar-refractivity contribution in [3.63, 3.8) is 0 Å². The lowest BCUT2D eigenvalue weighted by Crippen LogP contribution is -2.54. The number of hydrogen-bond acceptors (Lipinski definition) is 3. The number of aliphatic hydroxyl groups is 1. The SMILES string of the molecule is CCC1(C)CC(CO)(Nc2ccc(C)cc2)CCO1. The monoisotopic (exact) mass is 263 g/mol. The third-order valence-corrected chi connectivity index (χ3v) is 4.26. The van der Waals surface area contributed by atoms with E-state index in [-0.39, 0.29) is 17.7 Å². The standard InChI is InChI=1S/C16H25NO2/c1-4-15(3)11-16(12-18,9-10-19-15)17-14-7-5-13(2)6-8-14/h5-8,17-18H,4,9-12H2,1-3H3. The molecule has 2 N–H and O–H groups in total. The van der Waals surface area contributed by atoms with E-state index in [0.29, 0.717) is 6.61 Å². The van der Waals surface area contributed by atoms with Crippen LogP contribution < -0.4 is 5.32 Å². The maximum Gasteiger partial charge on any atom is 0.0675 e. The van der Waals surface area contributed by atoms with Crippen LogP contribution in [0.1, 0.15) is 38.7 Å². The van der Waals surface area contributed by atoms with Gasteiger partial charge in [-0.15, -0.1) is 0 Å². The van der Waals surface area contributed by atoms with Crippen molar-refractivity contribution < 1.29 is 9.84 Å². The molecule has 0 spiro atoms. The molecule has 0 amide bonds. The number of nitrogens with one attached hydrogen (secondary N) is 1. The van der Waals surface area contributed by atoms with Crippen molar-refractivity contribution in [1.82, 2.24) is 0 Å². The van der Waals surface area contributed by atoms with E-state index in [1.54, 1.807) is 0 Å². The smallest absolute Gasteiger partial charge is 0.0675 e. The number of benzene rings is 1. The highest BCUT2D eigenvalue weighted by atomic mass is 16.5. The van der Waals surface area contributed by atoms with Gasteiger partial charge in [-0.1, -0.05) is 24.6 Å². The zero-order valence-corrected chi connectivity index (χ0v) is 12.2. The second-order valence-corrected chi connectivity index (χ2v) is 6.01. The number of ether oxygens (including phenoxy) is 1. The molecule has 0 bridgehead atoms. The van der Waals surface area contributed by atoms with E-state index in [1.165, 1.54) is 5.56 Å². The number of aryl methyl sites for hydroxylation is 1. The third kappa shape index (κ3) is 3.28. The summed E-state index contributed by atoms with van der Waals surface area (Å²) >= 11 is 0. The molecule has 2 unspecified atom stereocenters. The molecule has 0 saturated carbocycles. The van der Waals surface area contributed by atoms with Crippen molar-refractivity contribution >= 4 is 5.69 Å². The van der Waals surface area contributed by atoms with Crippen molar-refractivity contribution in [3.8, 4) is 0 Å². The molecule has 19 heavy (non-hydrogen) atoms. The molecular weight excluding hydrogens is 238 g/mol. The van der Waals surface area contributed by atoms with Crippen molar-refractivity contribution in [2.45, 2.75) is 51.2 Å². The zero-order valence-electron chi connectivity index (χ0n) is 12.2. The maximum atomic E-state index is 9.87. The molecule has 2 atom stereocenters. The Morgan fingerprint density at radius 3 is 2.58 bits per heavy atom. The van der Waals surface area contributed by atoms with Crippen LogP contribution in [0.15, 0.2) is 24.3 Å². The van der Waals surface area contributed by atoms with Crippen LogP contribution in [0.5, 0.6) is 0 Å². The minimum atomic E-state index is -0.266. The molecule has 1 aliphatic heterocycles. The molecule has 0 aliphatic carbocycles. The van der Waals surface area contributed by atoms with Crippen LogP contribution in [0.3, 0.4) is 0 Å². The number of anilines is 1. The zero-order chi connectivity index (χ0) is 13.9. The van der Waals surface area contributed by atoms with Gasteiger partial charge in [-0.05, 0) is 38.8 Å². The Kier molecular flexibility index (Phi) is 4.16. The van der Waals surface area contributed by atoms with Gasteiger partial charge >= 0.3 is 0 Å². The molecule has 1 heterocycles. The Labute approximate surface area is 116 Å². The van der Waals surface area contributed by atoms with Crippen LogP contribution in [-0.2, 0) is 4.74 Å². The van der Waals surface area contributed by atoms with Gasteiger partial charge in [0.05, 0.1) is 17.7 Å². The number of rotatable bonds is 4. The van der Waals surface area contributed by atoms with Gasteiger partial charge in [0.1, 0.15) is 0 Å². The average molecular weight is 263 g/mol. The molecule has 0 radical (unpaired) electrons. The van der Waals surface area contributed by atoms with Gasteiger partial charge in [-0.25, -0.2) is 0 Å². The summed E-state index contributed by atoms with van der Waals surface area (Å²) in [5, 5.41) is 13.4. The van der Waals surface area contributed by atoms with Crippen molar-refractivity contribution in [2.75, 3.05) is 18.5 Å². The second-order valence-electron chi connectivity index (χ2n) is 6.01. The lowest BCUT2D eigenvalue weighted by molar-refractivity contribution is -0.0973. The van der Waals surface area contributed by atoms with Crippen LogP contribution in [0.4, 0.5) is 5.69 Å². The minimum Gasteiger partial charge on any atom is -0.394 e. The van der Waals surface area contributed by atoms with E-state index in [4.69, 9.17) is 4.74 Å².